The van der Waals surface area contributed by atoms with Crippen molar-refractivity contribution >= 4 is 22.4 Å². The molecule has 0 bridgehead atoms. The second-order valence-electron chi connectivity index (χ2n) is 5.53. The van der Waals surface area contributed by atoms with Crippen LogP contribution in [0, 0.1) is 6.92 Å². The smallest absolute Gasteiger partial charge is 0.273 e. The zero-order valence-electron chi connectivity index (χ0n) is 13.0. The predicted octanol–water partition coefficient (Wildman–Crippen LogP) is 1.05. The molecule has 1 saturated heterocycles. The Balaban J connectivity index is 1.35. The van der Waals surface area contributed by atoms with Crippen molar-refractivity contribution in [3.8, 4) is 5.69 Å². The lowest BCUT2D eigenvalue weighted by molar-refractivity contribution is 0.0924. The van der Waals surface area contributed by atoms with Crippen molar-refractivity contribution in [1.29, 1.82) is 0 Å². The fourth-order valence-corrected chi connectivity index (χ4v) is 3.16. The lowest BCUT2D eigenvalue weighted by atomic mass is 10.1. The fraction of sp³-hybridized carbons (Fsp3) is 0.267. The molecule has 1 aliphatic rings. The largest absolute Gasteiger partial charge is 0.344 e. The number of anilines is 1. The zero-order valence-corrected chi connectivity index (χ0v) is 13.8. The summed E-state index contributed by atoms with van der Waals surface area (Å²) < 4.78 is 0. The predicted molar refractivity (Wildman–Crippen MR) is 89.5 cm³/mol. The highest BCUT2D eigenvalue weighted by atomic mass is 32.1. The van der Waals surface area contributed by atoms with Gasteiger partial charge in [0.15, 0.2) is 5.69 Å². The molecule has 24 heavy (non-hydrogen) atoms. The number of carbonyl (C=O) groups excluding carboxylic acids is 1. The lowest BCUT2D eigenvalue weighted by Crippen LogP contribution is -2.59. The van der Waals surface area contributed by atoms with E-state index < -0.39 is 0 Å². The Hall–Kier alpha value is -2.81. The normalized spacial score (nSPS) is 14.5. The van der Waals surface area contributed by atoms with E-state index in [1.54, 1.807) is 11.3 Å². The summed E-state index contributed by atoms with van der Waals surface area (Å²) in [5.41, 5.74) is 1.13. The van der Waals surface area contributed by atoms with Crippen molar-refractivity contribution in [3.05, 3.63) is 47.2 Å². The number of amides is 1. The van der Waals surface area contributed by atoms with Crippen LogP contribution >= 0.6 is 11.3 Å². The van der Waals surface area contributed by atoms with Crippen molar-refractivity contribution in [3.63, 3.8) is 0 Å². The molecule has 122 valence electrons. The van der Waals surface area contributed by atoms with Gasteiger partial charge in [0.1, 0.15) is 5.01 Å². The molecule has 0 radical (unpaired) electrons. The number of aromatic nitrogens is 5. The molecular weight excluding hydrogens is 326 g/mol. The van der Waals surface area contributed by atoms with Crippen molar-refractivity contribution in [2.75, 3.05) is 18.0 Å². The minimum atomic E-state index is -0.213. The van der Waals surface area contributed by atoms with Gasteiger partial charge in [0.05, 0.1) is 17.9 Å². The van der Waals surface area contributed by atoms with E-state index >= 15 is 0 Å². The van der Waals surface area contributed by atoms with Crippen LogP contribution in [0.25, 0.3) is 5.69 Å². The van der Waals surface area contributed by atoms with Gasteiger partial charge in [-0.2, -0.15) is 9.90 Å². The molecule has 0 unspecified atom stereocenters. The Morgan fingerprint density at radius 3 is 2.75 bits per heavy atom. The molecule has 8 nitrogen and oxygen atoms in total. The summed E-state index contributed by atoms with van der Waals surface area (Å²) in [5, 5.41) is 21.3. The van der Waals surface area contributed by atoms with Crippen LogP contribution in [0.15, 0.2) is 36.5 Å². The maximum absolute atomic E-state index is 12.3. The summed E-state index contributed by atoms with van der Waals surface area (Å²) in [6.07, 6.45) is 1.48. The molecular formula is C15H15N7OS. The summed E-state index contributed by atoms with van der Waals surface area (Å²) in [7, 11) is 0. The number of hydrogen-bond acceptors (Lipinski definition) is 7. The van der Waals surface area contributed by atoms with Crippen molar-refractivity contribution < 1.29 is 4.79 Å². The Bertz CT molecular complexity index is 854. The second kappa shape index (κ2) is 6.00. The van der Waals surface area contributed by atoms with Gasteiger partial charge in [0.2, 0.25) is 5.13 Å². The molecule has 0 saturated carbocycles. The fourth-order valence-electron chi connectivity index (χ4n) is 2.45. The SMILES string of the molecule is Cc1nnc(N2CC(NC(=O)c3cnn(-c4ccccc4)n3)C2)s1. The summed E-state index contributed by atoms with van der Waals surface area (Å²) in [6.45, 7) is 3.39. The number of hydrogen-bond donors (Lipinski definition) is 1. The highest BCUT2D eigenvalue weighted by Gasteiger charge is 2.31. The highest BCUT2D eigenvalue weighted by Crippen LogP contribution is 2.24. The van der Waals surface area contributed by atoms with Crippen molar-refractivity contribution in [2.45, 2.75) is 13.0 Å². The number of rotatable bonds is 4. The van der Waals surface area contributed by atoms with Crippen molar-refractivity contribution in [1.82, 2.24) is 30.5 Å². The van der Waals surface area contributed by atoms with Crippen LogP contribution in [-0.4, -0.2) is 50.2 Å². The third-order valence-electron chi connectivity index (χ3n) is 3.71. The van der Waals surface area contributed by atoms with Crippen LogP contribution < -0.4 is 10.2 Å². The minimum absolute atomic E-state index is 0.0866. The Morgan fingerprint density at radius 2 is 2.04 bits per heavy atom. The quantitative estimate of drug-likeness (QED) is 0.763. The molecule has 0 spiro atoms. The molecule has 9 heteroatoms. The van der Waals surface area contributed by atoms with Crippen LogP contribution in [0.2, 0.25) is 0 Å². The molecule has 1 fully saturated rings. The van der Waals surface area contributed by atoms with E-state index in [2.05, 4.69) is 30.6 Å². The molecule has 3 heterocycles. The maximum atomic E-state index is 12.3. The third-order valence-corrected chi connectivity index (χ3v) is 4.61. The summed E-state index contributed by atoms with van der Waals surface area (Å²) >= 11 is 1.56. The summed E-state index contributed by atoms with van der Waals surface area (Å²) in [5.74, 6) is -0.213. The van der Waals surface area contributed by atoms with Gasteiger partial charge in [-0.15, -0.1) is 15.3 Å². The number of benzene rings is 1. The Kier molecular flexibility index (Phi) is 3.69. The van der Waals surface area contributed by atoms with E-state index in [9.17, 15) is 4.79 Å². The molecule has 1 aliphatic heterocycles. The third kappa shape index (κ3) is 2.85. The molecule has 3 aromatic rings. The number of nitrogens with zero attached hydrogens (tertiary/aromatic N) is 6. The average molecular weight is 341 g/mol. The molecule has 0 aliphatic carbocycles. The van der Waals surface area contributed by atoms with Gasteiger partial charge in [-0.25, -0.2) is 0 Å². The molecule has 1 N–H and O–H groups in total. The Morgan fingerprint density at radius 1 is 1.25 bits per heavy atom. The van der Waals surface area contributed by atoms with Crippen molar-refractivity contribution in [2.24, 2.45) is 0 Å². The van der Waals surface area contributed by atoms with Gasteiger partial charge < -0.3 is 10.2 Å². The van der Waals surface area contributed by atoms with E-state index in [0.29, 0.717) is 5.69 Å². The monoisotopic (exact) mass is 341 g/mol. The van der Waals surface area contributed by atoms with E-state index in [4.69, 9.17) is 0 Å². The van der Waals surface area contributed by atoms with Gasteiger partial charge >= 0.3 is 0 Å². The first kappa shape index (κ1) is 14.8. The number of para-hydroxylation sites is 1. The van der Waals surface area contributed by atoms with Crippen LogP contribution in [0.5, 0.6) is 0 Å². The molecule has 1 aromatic carbocycles. The van der Waals surface area contributed by atoms with Crippen LogP contribution in [0.1, 0.15) is 15.5 Å². The number of aryl methyl sites for hydroxylation is 1. The second-order valence-corrected chi connectivity index (χ2v) is 6.69. The maximum Gasteiger partial charge on any atom is 0.273 e. The molecule has 2 aromatic heterocycles. The lowest BCUT2D eigenvalue weighted by Gasteiger charge is -2.38. The summed E-state index contributed by atoms with van der Waals surface area (Å²) in [6, 6.07) is 9.57. The van der Waals surface area contributed by atoms with Crippen LogP contribution in [0.4, 0.5) is 5.13 Å². The standard InChI is InChI=1S/C15H15N7OS/c1-10-18-19-15(24-10)21-8-11(9-21)17-14(23)13-7-16-22(20-13)12-5-3-2-4-6-12/h2-7,11H,8-9H2,1H3,(H,17,23). The van der Waals surface area contributed by atoms with Crippen LogP contribution in [0.3, 0.4) is 0 Å². The average Bonchev–Trinajstić information content (AvgIpc) is 3.20. The van der Waals surface area contributed by atoms with Gasteiger partial charge in [0.25, 0.3) is 5.91 Å². The van der Waals surface area contributed by atoms with E-state index in [1.165, 1.54) is 11.0 Å². The van der Waals surface area contributed by atoms with Crippen LogP contribution in [-0.2, 0) is 0 Å². The minimum Gasteiger partial charge on any atom is -0.344 e. The topological polar surface area (TPSA) is 88.8 Å². The Labute approximate surface area is 142 Å². The first-order chi connectivity index (χ1) is 11.7. The zero-order chi connectivity index (χ0) is 16.5. The number of nitrogens with one attached hydrogen (secondary N) is 1. The first-order valence-electron chi connectivity index (χ1n) is 7.53. The van der Waals surface area contributed by atoms with Gasteiger partial charge in [-0.05, 0) is 19.1 Å². The van der Waals surface area contributed by atoms with Gasteiger partial charge in [-0.3, -0.25) is 4.79 Å². The van der Waals surface area contributed by atoms with Gasteiger partial charge in [0, 0.05) is 13.1 Å². The molecule has 0 atom stereocenters. The highest BCUT2D eigenvalue weighted by molar-refractivity contribution is 7.15. The number of carbonyl (C=O) groups is 1. The summed E-state index contributed by atoms with van der Waals surface area (Å²) in [4.78, 5) is 15.8. The van der Waals surface area contributed by atoms with E-state index in [-0.39, 0.29) is 11.9 Å². The van der Waals surface area contributed by atoms with E-state index in [0.717, 1.165) is 28.9 Å². The van der Waals surface area contributed by atoms with E-state index in [1.807, 2.05) is 37.3 Å². The first-order valence-corrected chi connectivity index (χ1v) is 8.34. The van der Waals surface area contributed by atoms with Gasteiger partial charge in [-0.1, -0.05) is 29.5 Å². The molecule has 1 amide bonds. The molecule has 4 rings (SSSR count).